The van der Waals surface area contributed by atoms with Crippen molar-refractivity contribution in [2.24, 2.45) is 0 Å². The molecule has 2 N–H and O–H groups in total. The molecule has 0 saturated carbocycles. The summed E-state index contributed by atoms with van der Waals surface area (Å²) < 4.78 is 0. The average Bonchev–Trinajstić information content (AvgIpc) is 2.35. The third kappa shape index (κ3) is 4.66. The van der Waals surface area contributed by atoms with E-state index >= 15 is 0 Å². The van der Waals surface area contributed by atoms with Crippen LogP contribution in [0.15, 0.2) is 12.4 Å². The molecular formula is C11H16ClN3O2. The number of rotatable bonds is 6. The number of aromatic nitrogens is 2. The molecule has 0 bridgehead atoms. The molecule has 0 aliphatic heterocycles. The van der Waals surface area contributed by atoms with E-state index in [1.165, 1.54) is 12.4 Å². The van der Waals surface area contributed by atoms with E-state index in [1.54, 1.807) is 0 Å². The van der Waals surface area contributed by atoms with Gasteiger partial charge < -0.3 is 10.4 Å². The highest BCUT2D eigenvalue weighted by molar-refractivity contribution is 6.29. The first kappa shape index (κ1) is 13.9. The lowest BCUT2D eigenvalue weighted by molar-refractivity contribution is 0.0907. The molecule has 17 heavy (non-hydrogen) atoms. The van der Waals surface area contributed by atoms with Crippen LogP contribution in [0, 0.1) is 0 Å². The lowest BCUT2D eigenvalue weighted by Gasteiger charge is -2.15. The lowest BCUT2D eigenvalue weighted by Crippen LogP contribution is -2.37. The zero-order valence-electron chi connectivity index (χ0n) is 9.69. The molecule has 0 radical (unpaired) electrons. The molecule has 1 rings (SSSR count). The molecule has 1 atom stereocenters. The molecule has 0 spiro atoms. The second-order valence-electron chi connectivity index (χ2n) is 3.72. The Hall–Kier alpha value is -1.20. The average molecular weight is 258 g/mol. The summed E-state index contributed by atoms with van der Waals surface area (Å²) in [5, 5.41) is 12.1. The van der Waals surface area contributed by atoms with Gasteiger partial charge in [-0.1, -0.05) is 31.4 Å². The van der Waals surface area contributed by atoms with Crippen LogP contribution in [0.25, 0.3) is 0 Å². The monoisotopic (exact) mass is 257 g/mol. The first-order chi connectivity index (χ1) is 8.17. The molecule has 1 heterocycles. The minimum atomic E-state index is -0.343. The number of aliphatic hydroxyl groups excluding tert-OH is 1. The van der Waals surface area contributed by atoms with E-state index in [1.807, 2.05) is 0 Å². The number of nitrogens with zero attached hydrogens (tertiary/aromatic N) is 2. The Kier molecular flexibility index (Phi) is 5.86. The number of carbonyl (C=O) groups is 1. The highest BCUT2D eigenvalue weighted by Crippen LogP contribution is 2.03. The predicted molar refractivity (Wildman–Crippen MR) is 64.9 cm³/mol. The molecule has 0 aromatic carbocycles. The van der Waals surface area contributed by atoms with Crippen LogP contribution in [0.4, 0.5) is 0 Å². The molecule has 1 aromatic heterocycles. The summed E-state index contributed by atoms with van der Waals surface area (Å²) in [7, 11) is 0. The highest BCUT2D eigenvalue weighted by Gasteiger charge is 2.13. The first-order valence-corrected chi connectivity index (χ1v) is 5.94. The smallest absolute Gasteiger partial charge is 0.271 e. The van der Waals surface area contributed by atoms with Crippen LogP contribution in [0.2, 0.25) is 5.15 Å². The van der Waals surface area contributed by atoms with Gasteiger partial charge in [0.05, 0.1) is 25.0 Å². The van der Waals surface area contributed by atoms with Gasteiger partial charge in [-0.05, 0) is 6.42 Å². The van der Waals surface area contributed by atoms with Crippen molar-refractivity contribution in [3.05, 3.63) is 23.2 Å². The Balaban J connectivity index is 2.54. The summed E-state index contributed by atoms with van der Waals surface area (Å²) in [5.74, 6) is -0.343. The number of carbonyl (C=O) groups excluding carboxylic acids is 1. The van der Waals surface area contributed by atoms with Gasteiger partial charge in [0.1, 0.15) is 10.8 Å². The van der Waals surface area contributed by atoms with Crippen molar-refractivity contribution in [1.29, 1.82) is 0 Å². The van der Waals surface area contributed by atoms with Crippen LogP contribution in [0.3, 0.4) is 0 Å². The van der Waals surface area contributed by atoms with Crippen molar-refractivity contribution >= 4 is 17.5 Å². The van der Waals surface area contributed by atoms with E-state index in [0.29, 0.717) is 0 Å². The molecule has 0 unspecified atom stereocenters. The first-order valence-electron chi connectivity index (χ1n) is 5.56. The van der Waals surface area contributed by atoms with Crippen molar-refractivity contribution in [2.75, 3.05) is 6.61 Å². The number of hydrogen-bond donors (Lipinski definition) is 2. The van der Waals surface area contributed by atoms with Gasteiger partial charge in [-0.25, -0.2) is 9.97 Å². The summed E-state index contributed by atoms with van der Waals surface area (Å²) in [4.78, 5) is 19.4. The summed E-state index contributed by atoms with van der Waals surface area (Å²) in [5.41, 5.74) is 0.198. The van der Waals surface area contributed by atoms with E-state index in [9.17, 15) is 4.79 Å². The van der Waals surface area contributed by atoms with Gasteiger partial charge in [-0.2, -0.15) is 0 Å². The normalized spacial score (nSPS) is 12.2. The van der Waals surface area contributed by atoms with E-state index < -0.39 is 0 Å². The minimum absolute atomic E-state index is 0.0766. The standard InChI is InChI=1S/C11H16ClN3O2/c1-2-3-4-8(7-16)15-11(17)9-5-14-10(12)6-13-9/h5-6,8,16H,2-4,7H2,1H3,(H,15,17)/t8-/m1/s1. The van der Waals surface area contributed by atoms with Crippen LogP contribution in [-0.4, -0.2) is 33.6 Å². The van der Waals surface area contributed by atoms with Crippen molar-refractivity contribution in [2.45, 2.75) is 32.2 Å². The summed E-state index contributed by atoms with van der Waals surface area (Å²) in [6, 6.07) is -0.236. The molecule has 0 saturated heterocycles. The SMILES string of the molecule is CCCC[C@H](CO)NC(=O)c1cnc(Cl)cn1. The lowest BCUT2D eigenvalue weighted by atomic mass is 10.1. The third-order valence-electron chi connectivity index (χ3n) is 2.31. The fraction of sp³-hybridized carbons (Fsp3) is 0.545. The fourth-order valence-corrected chi connectivity index (χ4v) is 1.45. The number of aliphatic hydroxyl groups is 1. The molecule has 1 aromatic rings. The largest absolute Gasteiger partial charge is 0.394 e. The van der Waals surface area contributed by atoms with E-state index in [2.05, 4.69) is 22.2 Å². The fourth-order valence-electron chi connectivity index (χ4n) is 1.35. The van der Waals surface area contributed by atoms with Gasteiger partial charge in [0.2, 0.25) is 0 Å². The third-order valence-corrected chi connectivity index (χ3v) is 2.51. The van der Waals surface area contributed by atoms with Crippen LogP contribution in [0.5, 0.6) is 0 Å². The Morgan fingerprint density at radius 3 is 2.82 bits per heavy atom. The molecule has 0 aliphatic carbocycles. The highest BCUT2D eigenvalue weighted by atomic mass is 35.5. The van der Waals surface area contributed by atoms with Crippen LogP contribution in [-0.2, 0) is 0 Å². The quantitative estimate of drug-likeness (QED) is 0.808. The molecular weight excluding hydrogens is 242 g/mol. The topological polar surface area (TPSA) is 75.1 Å². The van der Waals surface area contributed by atoms with E-state index in [4.69, 9.17) is 16.7 Å². The molecule has 6 heteroatoms. The number of unbranched alkanes of at least 4 members (excludes halogenated alkanes) is 1. The second kappa shape index (κ2) is 7.19. The Morgan fingerprint density at radius 1 is 1.53 bits per heavy atom. The minimum Gasteiger partial charge on any atom is -0.394 e. The molecule has 1 amide bonds. The summed E-state index contributed by atoms with van der Waals surface area (Å²) in [6.45, 7) is 1.98. The zero-order chi connectivity index (χ0) is 12.7. The number of amides is 1. The van der Waals surface area contributed by atoms with Crippen molar-refractivity contribution in [3.63, 3.8) is 0 Å². The van der Waals surface area contributed by atoms with Gasteiger partial charge in [0, 0.05) is 0 Å². The van der Waals surface area contributed by atoms with Gasteiger partial charge in [0.15, 0.2) is 0 Å². The predicted octanol–water partition coefficient (Wildman–Crippen LogP) is 1.41. The molecule has 0 fully saturated rings. The summed E-state index contributed by atoms with van der Waals surface area (Å²) >= 11 is 5.57. The van der Waals surface area contributed by atoms with Crippen molar-refractivity contribution in [1.82, 2.24) is 15.3 Å². The maximum atomic E-state index is 11.7. The van der Waals surface area contributed by atoms with Crippen LogP contribution >= 0.6 is 11.6 Å². The number of halogens is 1. The van der Waals surface area contributed by atoms with Crippen LogP contribution < -0.4 is 5.32 Å². The second-order valence-corrected chi connectivity index (χ2v) is 4.11. The molecule has 5 nitrogen and oxygen atoms in total. The van der Waals surface area contributed by atoms with Gasteiger partial charge in [-0.3, -0.25) is 4.79 Å². The number of hydrogen-bond acceptors (Lipinski definition) is 4. The maximum absolute atomic E-state index is 11.7. The van der Waals surface area contributed by atoms with Gasteiger partial charge in [-0.15, -0.1) is 0 Å². The Morgan fingerprint density at radius 2 is 2.29 bits per heavy atom. The Bertz CT molecular complexity index is 356. The van der Waals surface area contributed by atoms with Crippen molar-refractivity contribution < 1.29 is 9.90 Å². The maximum Gasteiger partial charge on any atom is 0.271 e. The molecule has 94 valence electrons. The van der Waals surface area contributed by atoms with Crippen molar-refractivity contribution in [3.8, 4) is 0 Å². The zero-order valence-corrected chi connectivity index (χ0v) is 10.4. The van der Waals surface area contributed by atoms with Crippen LogP contribution in [0.1, 0.15) is 36.7 Å². The molecule has 0 aliphatic rings. The van der Waals surface area contributed by atoms with E-state index in [0.717, 1.165) is 19.3 Å². The van der Waals surface area contributed by atoms with Gasteiger partial charge in [0.25, 0.3) is 5.91 Å². The Labute approximate surface area is 105 Å². The van der Waals surface area contributed by atoms with Gasteiger partial charge >= 0.3 is 0 Å². The summed E-state index contributed by atoms with van der Waals surface area (Å²) in [6.07, 6.45) is 5.35. The number of nitrogens with one attached hydrogen (secondary N) is 1. The van der Waals surface area contributed by atoms with E-state index in [-0.39, 0.29) is 29.4 Å².